The highest BCUT2D eigenvalue weighted by Crippen LogP contribution is 2.18. The van der Waals surface area contributed by atoms with Crippen LogP contribution in [-0.4, -0.2) is 27.4 Å². The summed E-state index contributed by atoms with van der Waals surface area (Å²) in [5, 5.41) is 19.5. The summed E-state index contributed by atoms with van der Waals surface area (Å²) < 4.78 is 5.16. The molecule has 1 rings (SSSR count). The van der Waals surface area contributed by atoms with Crippen molar-refractivity contribution in [2.75, 3.05) is 5.75 Å². The fourth-order valence-electron chi connectivity index (χ4n) is 1.13. The second-order valence-corrected chi connectivity index (χ2v) is 5.40. The smallest absolute Gasteiger partial charge is 0.277 e. The van der Waals surface area contributed by atoms with Crippen molar-refractivity contribution in [3.63, 3.8) is 0 Å². The van der Waals surface area contributed by atoms with E-state index in [1.165, 1.54) is 0 Å². The summed E-state index contributed by atoms with van der Waals surface area (Å²) in [5.41, 5.74) is 4.45. The lowest BCUT2D eigenvalue weighted by atomic mass is 9.90. The zero-order valence-corrected chi connectivity index (χ0v) is 12.0. The number of carbonyl (C=O) groups is 1. The van der Waals surface area contributed by atoms with E-state index in [1.807, 2.05) is 13.8 Å². The summed E-state index contributed by atoms with van der Waals surface area (Å²) in [7, 11) is 0. The summed E-state index contributed by atoms with van der Waals surface area (Å²) in [6.45, 7) is 5.61. The van der Waals surface area contributed by atoms with Crippen LogP contribution in [0.25, 0.3) is 0 Å². The molecule has 0 saturated heterocycles. The third-order valence-electron chi connectivity index (χ3n) is 2.74. The summed E-state index contributed by atoms with van der Waals surface area (Å²) in [6.07, 6.45) is 0. The van der Waals surface area contributed by atoms with E-state index in [1.54, 1.807) is 6.92 Å². The van der Waals surface area contributed by atoms with Gasteiger partial charge < -0.3 is 15.5 Å². The molecule has 1 aromatic heterocycles. The maximum atomic E-state index is 11.8. The first-order valence-corrected chi connectivity index (χ1v) is 6.77. The average Bonchev–Trinajstić information content (AvgIpc) is 2.84. The second kappa shape index (κ2) is 6.54. The minimum atomic E-state index is -0.880. The highest BCUT2D eigenvalue weighted by Gasteiger charge is 2.29. The van der Waals surface area contributed by atoms with E-state index < -0.39 is 5.54 Å². The molecule has 3 N–H and O–H groups in total. The van der Waals surface area contributed by atoms with Crippen molar-refractivity contribution >= 4 is 17.7 Å². The molecular formula is C11H17N5O2S. The first-order chi connectivity index (χ1) is 8.91. The Morgan fingerprint density at radius 3 is 2.79 bits per heavy atom. The second-order valence-electron chi connectivity index (χ2n) is 4.47. The summed E-state index contributed by atoms with van der Waals surface area (Å²) in [5.74, 6) is 0.192. The quantitative estimate of drug-likeness (QED) is 0.737. The molecule has 0 bridgehead atoms. The lowest BCUT2D eigenvalue weighted by molar-refractivity contribution is -0.120. The molecular weight excluding hydrogens is 266 g/mol. The van der Waals surface area contributed by atoms with Crippen LogP contribution < -0.4 is 11.1 Å². The number of hydrogen-bond donors (Lipinski definition) is 2. The minimum Gasteiger partial charge on any atom is -0.415 e. The Balaban J connectivity index is 2.50. The number of nitriles is 1. The topological polar surface area (TPSA) is 118 Å². The molecule has 0 aliphatic heterocycles. The number of nitrogens with one attached hydrogen (secondary N) is 1. The monoisotopic (exact) mass is 283 g/mol. The molecule has 0 radical (unpaired) electrons. The SMILES string of the molecule is CC(C)C(C)(C#N)NC(=O)CSc1nnc(CN)o1. The lowest BCUT2D eigenvalue weighted by Crippen LogP contribution is -2.49. The van der Waals surface area contributed by atoms with Gasteiger partial charge >= 0.3 is 0 Å². The molecule has 0 fully saturated rings. The fourth-order valence-corrected chi connectivity index (χ4v) is 1.71. The van der Waals surface area contributed by atoms with Crippen LogP contribution in [-0.2, 0) is 11.3 Å². The highest BCUT2D eigenvalue weighted by molar-refractivity contribution is 7.99. The van der Waals surface area contributed by atoms with Gasteiger partial charge in [-0.3, -0.25) is 4.79 Å². The van der Waals surface area contributed by atoms with Gasteiger partial charge in [0.05, 0.1) is 18.4 Å². The van der Waals surface area contributed by atoms with E-state index in [-0.39, 0.29) is 24.1 Å². The van der Waals surface area contributed by atoms with Crippen LogP contribution in [0, 0.1) is 17.2 Å². The number of amides is 1. The summed E-state index contributed by atoms with van der Waals surface area (Å²) in [6, 6.07) is 2.11. The fraction of sp³-hybridized carbons (Fsp3) is 0.636. The van der Waals surface area contributed by atoms with E-state index in [4.69, 9.17) is 15.4 Å². The van der Waals surface area contributed by atoms with Crippen molar-refractivity contribution < 1.29 is 9.21 Å². The largest absolute Gasteiger partial charge is 0.415 e. The van der Waals surface area contributed by atoms with Gasteiger partial charge in [0.1, 0.15) is 5.54 Å². The number of rotatable bonds is 6. The molecule has 7 nitrogen and oxygen atoms in total. The molecule has 0 aromatic carbocycles. The van der Waals surface area contributed by atoms with Gasteiger partial charge in [-0.25, -0.2) is 0 Å². The average molecular weight is 283 g/mol. The van der Waals surface area contributed by atoms with Crippen LogP contribution in [0.4, 0.5) is 0 Å². The summed E-state index contributed by atoms with van der Waals surface area (Å²) in [4.78, 5) is 11.8. The maximum absolute atomic E-state index is 11.8. The number of thioether (sulfide) groups is 1. The van der Waals surface area contributed by atoms with Crippen molar-refractivity contribution in [2.24, 2.45) is 11.7 Å². The third kappa shape index (κ3) is 4.22. The Bertz CT molecular complexity index is 482. The van der Waals surface area contributed by atoms with Crippen LogP contribution in [0.1, 0.15) is 26.7 Å². The standard InChI is InChI=1S/C11H17N5O2S/c1-7(2)11(3,6-13)14-8(17)5-19-10-16-15-9(4-12)18-10/h7H,4-5,12H2,1-3H3,(H,14,17). The van der Waals surface area contributed by atoms with Crippen molar-refractivity contribution in [2.45, 2.75) is 38.1 Å². The first-order valence-electron chi connectivity index (χ1n) is 5.78. The lowest BCUT2D eigenvalue weighted by Gasteiger charge is -2.27. The van der Waals surface area contributed by atoms with Gasteiger partial charge in [-0.05, 0) is 12.8 Å². The zero-order valence-electron chi connectivity index (χ0n) is 11.1. The molecule has 1 unspecified atom stereocenters. The van der Waals surface area contributed by atoms with Crippen LogP contribution >= 0.6 is 11.8 Å². The Hall–Kier alpha value is -1.59. The Morgan fingerprint density at radius 1 is 1.63 bits per heavy atom. The van der Waals surface area contributed by atoms with Crippen molar-refractivity contribution in [1.82, 2.24) is 15.5 Å². The van der Waals surface area contributed by atoms with E-state index in [9.17, 15) is 4.79 Å². The van der Waals surface area contributed by atoms with Crippen LogP contribution in [0.3, 0.4) is 0 Å². The zero-order chi connectivity index (χ0) is 14.5. The van der Waals surface area contributed by atoms with E-state index in [0.717, 1.165) is 11.8 Å². The minimum absolute atomic E-state index is 0.0127. The number of nitrogens with zero attached hydrogens (tertiary/aromatic N) is 3. The Kier molecular flexibility index (Phi) is 5.32. The molecule has 1 atom stereocenters. The molecule has 1 aromatic rings. The van der Waals surface area contributed by atoms with Crippen molar-refractivity contribution in [3.05, 3.63) is 5.89 Å². The number of carbonyl (C=O) groups excluding carboxylic acids is 1. The maximum Gasteiger partial charge on any atom is 0.277 e. The number of nitrogens with two attached hydrogens (primary N) is 1. The molecule has 1 heterocycles. The van der Waals surface area contributed by atoms with Gasteiger partial charge in [0, 0.05) is 0 Å². The Morgan fingerprint density at radius 2 is 2.32 bits per heavy atom. The van der Waals surface area contributed by atoms with Crippen LogP contribution in [0.15, 0.2) is 9.64 Å². The van der Waals surface area contributed by atoms with Crippen LogP contribution in [0.2, 0.25) is 0 Å². The molecule has 0 saturated carbocycles. The molecule has 1 amide bonds. The van der Waals surface area contributed by atoms with Crippen molar-refractivity contribution in [1.29, 1.82) is 5.26 Å². The molecule has 19 heavy (non-hydrogen) atoms. The van der Waals surface area contributed by atoms with Gasteiger partial charge in [0.15, 0.2) is 0 Å². The normalized spacial score (nSPS) is 13.9. The van der Waals surface area contributed by atoms with Crippen LogP contribution in [0.5, 0.6) is 0 Å². The predicted octanol–water partition coefficient (Wildman–Crippen LogP) is 0.675. The van der Waals surface area contributed by atoms with Crippen molar-refractivity contribution in [3.8, 4) is 6.07 Å². The highest BCUT2D eigenvalue weighted by atomic mass is 32.2. The van der Waals surface area contributed by atoms with Gasteiger partial charge in [-0.1, -0.05) is 25.6 Å². The predicted molar refractivity (Wildman–Crippen MR) is 69.9 cm³/mol. The number of aromatic nitrogens is 2. The molecule has 104 valence electrons. The molecule has 0 aliphatic rings. The van der Waals surface area contributed by atoms with Gasteiger partial charge in [-0.2, -0.15) is 5.26 Å². The molecule has 0 aliphatic carbocycles. The van der Waals surface area contributed by atoms with E-state index in [2.05, 4.69) is 21.6 Å². The Labute approximate surface area is 115 Å². The third-order valence-corrected chi connectivity index (χ3v) is 3.55. The molecule has 8 heteroatoms. The van der Waals surface area contributed by atoms with E-state index >= 15 is 0 Å². The first kappa shape index (κ1) is 15.5. The van der Waals surface area contributed by atoms with E-state index in [0.29, 0.717) is 11.1 Å². The van der Waals surface area contributed by atoms with Gasteiger partial charge in [-0.15, -0.1) is 10.2 Å². The van der Waals surface area contributed by atoms with Gasteiger partial charge in [0.2, 0.25) is 11.8 Å². The number of hydrogen-bond acceptors (Lipinski definition) is 7. The molecule has 0 spiro atoms. The van der Waals surface area contributed by atoms with Gasteiger partial charge in [0.25, 0.3) is 5.22 Å². The summed E-state index contributed by atoms with van der Waals surface area (Å²) >= 11 is 1.11.